The largest absolute Gasteiger partial charge is 0.396 e. The second-order valence-electron chi connectivity index (χ2n) is 3.63. The van der Waals surface area contributed by atoms with Gasteiger partial charge in [0.05, 0.1) is 12.4 Å². The van der Waals surface area contributed by atoms with Crippen LogP contribution in [-0.2, 0) is 19.5 Å². The summed E-state index contributed by atoms with van der Waals surface area (Å²) in [6.07, 6.45) is 0.911. The van der Waals surface area contributed by atoms with Crippen molar-refractivity contribution >= 4 is 10.0 Å². The predicted molar refractivity (Wildman–Crippen MR) is 65.4 cm³/mol. The number of hydrogen-bond donors (Lipinski definition) is 1. The van der Waals surface area contributed by atoms with Gasteiger partial charge in [-0.1, -0.05) is 0 Å². The van der Waals surface area contributed by atoms with E-state index in [1.807, 2.05) is 0 Å². The van der Waals surface area contributed by atoms with Crippen LogP contribution in [0.4, 0.5) is 0 Å². The van der Waals surface area contributed by atoms with Crippen molar-refractivity contribution in [2.24, 2.45) is 0 Å². The van der Waals surface area contributed by atoms with E-state index in [0.717, 1.165) is 0 Å². The Labute approximate surface area is 104 Å². The van der Waals surface area contributed by atoms with Crippen LogP contribution in [0.25, 0.3) is 0 Å². The van der Waals surface area contributed by atoms with Crippen LogP contribution in [-0.4, -0.2) is 70.7 Å². The monoisotopic (exact) mass is 269 g/mol. The third-order valence-corrected chi connectivity index (χ3v) is 4.21. The fourth-order valence-corrected chi connectivity index (χ4v) is 2.86. The molecule has 7 heteroatoms. The standard InChI is InChI=1S/C10H23NO5S/c1-15-8-3-5-11(6-9-16-2)17(13,14)10-4-7-12/h12H,3-10H2,1-2H3. The molecular formula is C10H23NO5S. The van der Waals surface area contributed by atoms with E-state index >= 15 is 0 Å². The topological polar surface area (TPSA) is 76.1 Å². The van der Waals surface area contributed by atoms with Crippen LogP contribution in [0.2, 0.25) is 0 Å². The van der Waals surface area contributed by atoms with Gasteiger partial charge in [-0.2, -0.15) is 4.31 Å². The SMILES string of the molecule is COCCCN(CCOC)S(=O)(=O)CCCO. The van der Waals surface area contributed by atoms with Gasteiger partial charge in [-0.15, -0.1) is 0 Å². The minimum atomic E-state index is -3.30. The highest BCUT2D eigenvalue weighted by Gasteiger charge is 2.20. The number of rotatable bonds is 11. The summed E-state index contributed by atoms with van der Waals surface area (Å²) in [6.45, 7) is 1.54. The second kappa shape index (κ2) is 9.78. The maximum Gasteiger partial charge on any atom is 0.214 e. The van der Waals surface area contributed by atoms with Gasteiger partial charge < -0.3 is 14.6 Å². The van der Waals surface area contributed by atoms with Crippen molar-refractivity contribution < 1.29 is 23.0 Å². The Kier molecular flexibility index (Phi) is 9.66. The number of aliphatic hydroxyl groups excluding tert-OH is 1. The Morgan fingerprint density at radius 2 is 1.71 bits per heavy atom. The molecule has 6 nitrogen and oxygen atoms in total. The van der Waals surface area contributed by atoms with Crippen LogP contribution >= 0.6 is 0 Å². The lowest BCUT2D eigenvalue weighted by Gasteiger charge is -2.21. The first-order valence-electron chi connectivity index (χ1n) is 5.65. The van der Waals surface area contributed by atoms with Crippen molar-refractivity contribution in [3.63, 3.8) is 0 Å². The Balaban J connectivity index is 4.31. The van der Waals surface area contributed by atoms with Crippen molar-refractivity contribution in [2.45, 2.75) is 12.8 Å². The molecule has 0 unspecified atom stereocenters. The van der Waals surface area contributed by atoms with Crippen LogP contribution in [0.1, 0.15) is 12.8 Å². The number of methoxy groups -OCH3 is 2. The Bertz CT molecular complexity index is 268. The Morgan fingerprint density at radius 1 is 1.06 bits per heavy atom. The van der Waals surface area contributed by atoms with Crippen LogP contribution in [0, 0.1) is 0 Å². The number of aliphatic hydroxyl groups is 1. The molecule has 0 atom stereocenters. The smallest absolute Gasteiger partial charge is 0.214 e. The van der Waals surface area contributed by atoms with Gasteiger partial charge in [0.2, 0.25) is 10.0 Å². The molecule has 0 rings (SSSR count). The molecule has 1 N–H and O–H groups in total. The first kappa shape index (κ1) is 16.8. The maximum atomic E-state index is 11.9. The molecule has 0 spiro atoms. The first-order valence-corrected chi connectivity index (χ1v) is 7.26. The van der Waals surface area contributed by atoms with Crippen molar-refractivity contribution in [3.8, 4) is 0 Å². The van der Waals surface area contributed by atoms with Gasteiger partial charge in [0.15, 0.2) is 0 Å². The number of nitrogens with zero attached hydrogens (tertiary/aromatic N) is 1. The van der Waals surface area contributed by atoms with Crippen LogP contribution in [0.3, 0.4) is 0 Å². The minimum Gasteiger partial charge on any atom is -0.396 e. The van der Waals surface area contributed by atoms with Crippen molar-refractivity contribution in [1.82, 2.24) is 4.31 Å². The predicted octanol–water partition coefficient (Wildman–Crippen LogP) is -0.316. The molecule has 0 aromatic carbocycles. The average molecular weight is 269 g/mol. The summed E-state index contributed by atoms with van der Waals surface area (Å²) in [5.74, 6) is -0.0276. The third-order valence-electron chi connectivity index (χ3n) is 2.25. The number of ether oxygens (including phenoxy) is 2. The Morgan fingerprint density at radius 3 is 2.24 bits per heavy atom. The van der Waals surface area contributed by atoms with E-state index < -0.39 is 10.0 Å². The molecule has 0 aliphatic rings. The summed E-state index contributed by atoms with van der Waals surface area (Å²) in [7, 11) is -0.181. The first-order chi connectivity index (χ1) is 8.08. The van der Waals surface area contributed by atoms with Gasteiger partial charge in [-0.25, -0.2) is 8.42 Å². The van der Waals surface area contributed by atoms with Crippen LogP contribution in [0.15, 0.2) is 0 Å². The zero-order valence-corrected chi connectivity index (χ0v) is 11.4. The van der Waals surface area contributed by atoms with Crippen molar-refractivity contribution in [2.75, 3.05) is 52.9 Å². The highest BCUT2D eigenvalue weighted by Crippen LogP contribution is 2.05. The quantitative estimate of drug-likeness (QED) is 0.520. The van der Waals surface area contributed by atoms with Crippen LogP contribution in [0.5, 0.6) is 0 Å². The van der Waals surface area contributed by atoms with Gasteiger partial charge in [0.1, 0.15) is 0 Å². The van der Waals surface area contributed by atoms with Gasteiger partial charge >= 0.3 is 0 Å². The summed E-state index contributed by atoms with van der Waals surface area (Å²) in [5.41, 5.74) is 0. The normalized spacial score (nSPS) is 12.2. The lowest BCUT2D eigenvalue weighted by atomic mass is 10.4. The van der Waals surface area contributed by atoms with E-state index in [2.05, 4.69) is 0 Å². The van der Waals surface area contributed by atoms with E-state index in [1.165, 1.54) is 11.4 Å². The molecule has 0 radical (unpaired) electrons. The van der Waals surface area contributed by atoms with Crippen LogP contribution < -0.4 is 0 Å². The zero-order chi connectivity index (χ0) is 13.1. The van der Waals surface area contributed by atoms with E-state index in [0.29, 0.717) is 32.7 Å². The molecule has 0 amide bonds. The lowest BCUT2D eigenvalue weighted by Crippen LogP contribution is -2.37. The number of sulfonamides is 1. The highest BCUT2D eigenvalue weighted by molar-refractivity contribution is 7.89. The van der Waals surface area contributed by atoms with Gasteiger partial charge in [0.25, 0.3) is 0 Å². The molecule has 0 fully saturated rings. The fourth-order valence-electron chi connectivity index (χ4n) is 1.34. The molecule has 0 aromatic rings. The second-order valence-corrected chi connectivity index (χ2v) is 5.72. The summed E-state index contributed by atoms with van der Waals surface area (Å²) < 4.78 is 35.0. The summed E-state index contributed by atoms with van der Waals surface area (Å²) in [6, 6.07) is 0. The zero-order valence-electron chi connectivity index (χ0n) is 10.6. The molecular weight excluding hydrogens is 246 g/mol. The van der Waals surface area contributed by atoms with Crippen molar-refractivity contribution in [1.29, 1.82) is 0 Å². The molecule has 104 valence electrons. The molecule has 0 aromatic heterocycles. The minimum absolute atomic E-state index is 0.0276. The summed E-state index contributed by atoms with van der Waals surface area (Å²) in [5, 5.41) is 8.67. The maximum absolute atomic E-state index is 11.9. The van der Waals surface area contributed by atoms with E-state index in [-0.39, 0.29) is 18.8 Å². The van der Waals surface area contributed by atoms with E-state index in [1.54, 1.807) is 7.11 Å². The van der Waals surface area contributed by atoms with Gasteiger partial charge in [0, 0.05) is 40.5 Å². The van der Waals surface area contributed by atoms with Gasteiger partial charge in [-0.05, 0) is 12.8 Å². The van der Waals surface area contributed by atoms with Crippen molar-refractivity contribution in [3.05, 3.63) is 0 Å². The summed E-state index contributed by atoms with van der Waals surface area (Å²) >= 11 is 0. The molecule has 17 heavy (non-hydrogen) atoms. The van der Waals surface area contributed by atoms with E-state index in [9.17, 15) is 8.42 Å². The number of hydrogen-bond acceptors (Lipinski definition) is 5. The third kappa shape index (κ3) is 7.67. The fraction of sp³-hybridized carbons (Fsp3) is 1.00. The lowest BCUT2D eigenvalue weighted by molar-refractivity contribution is 0.164. The Hall–Kier alpha value is -0.210. The molecule has 0 aliphatic heterocycles. The molecule has 0 bridgehead atoms. The molecule has 0 aliphatic carbocycles. The molecule has 0 saturated carbocycles. The average Bonchev–Trinajstić information content (AvgIpc) is 2.31. The molecule has 0 saturated heterocycles. The highest BCUT2D eigenvalue weighted by atomic mass is 32.2. The van der Waals surface area contributed by atoms with Gasteiger partial charge in [-0.3, -0.25) is 0 Å². The molecule has 0 heterocycles. The van der Waals surface area contributed by atoms with E-state index in [4.69, 9.17) is 14.6 Å². The summed E-state index contributed by atoms with van der Waals surface area (Å²) in [4.78, 5) is 0.